The Morgan fingerprint density at radius 3 is 2.61 bits per heavy atom. The van der Waals surface area contributed by atoms with Crippen molar-refractivity contribution >= 4 is 35.2 Å². The molecule has 204 valence electrons. The molecule has 0 bridgehead atoms. The maximum absolute atomic E-state index is 14.5. The summed E-state index contributed by atoms with van der Waals surface area (Å²) in [6.45, 7) is 4.45. The Balaban J connectivity index is 1.63. The second-order valence-corrected chi connectivity index (χ2v) is 12.3. The average molecular weight is 541 g/mol. The molecular formula is C29H36N2O6S. The summed E-state index contributed by atoms with van der Waals surface area (Å²) in [5, 5.41) is 10.2. The van der Waals surface area contributed by atoms with Gasteiger partial charge in [0.2, 0.25) is 5.91 Å². The van der Waals surface area contributed by atoms with Crippen molar-refractivity contribution in [3.8, 4) is 5.75 Å². The Labute approximate surface area is 228 Å². The third-order valence-electron chi connectivity index (χ3n) is 8.02. The number of methoxy groups -OCH3 is 1. The molecule has 0 radical (unpaired) electrons. The summed E-state index contributed by atoms with van der Waals surface area (Å²) in [6.07, 6.45) is 10.1. The number of allylic oxidation sites excluding steroid dienone is 1. The first kappa shape index (κ1) is 26.8. The molecule has 2 saturated heterocycles. The first-order chi connectivity index (χ1) is 18.3. The SMILES string of the molecule is COc1ccc(N2CC=C[C@]34S[C@@H]5/C=C\CCCOC(=O)[C@@H]5[C@H]3C(=O)N([C@@H](CO)CC(C)C)C4C2=O)cc1. The number of aliphatic hydroxyl groups excluding tert-OH is 1. The number of aliphatic hydroxyl groups is 1. The van der Waals surface area contributed by atoms with Gasteiger partial charge in [-0.2, -0.15) is 0 Å². The average Bonchev–Trinajstić information content (AvgIpc) is 3.32. The Morgan fingerprint density at radius 1 is 1.16 bits per heavy atom. The summed E-state index contributed by atoms with van der Waals surface area (Å²) in [5.74, 6) is -1.42. The van der Waals surface area contributed by atoms with E-state index in [0.29, 0.717) is 31.0 Å². The van der Waals surface area contributed by atoms with Crippen LogP contribution in [0.25, 0.3) is 0 Å². The fraction of sp³-hybridized carbons (Fsp3) is 0.552. The first-order valence-corrected chi connectivity index (χ1v) is 14.3. The van der Waals surface area contributed by atoms with Gasteiger partial charge in [-0.25, -0.2) is 0 Å². The summed E-state index contributed by atoms with van der Waals surface area (Å²) >= 11 is 1.52. The molecule has 0 aromatic heterocycles. The third-order valence-corrected chi connectivity index (χ3v) is 9.76. The number of nitrogens with zero attached hydrogens (tertiary/aromatic N) is 2. The van der Waals surface area contributed by atoms with E-state index >= 15 is 0 Å². The van der Waals surface area contributed by atoms with Gasteiger partial charge in [0.15, 0.2) is 0 Å². The summed E-state index contributed by atoms with van der Waals surface area (Å²) in [5.41, 5.74) is 0.697. The fourth-order valence-electron chi connectivity index (χ4n) is 6.40. The number of benzene rings is 1. The second-order valence-electron chi connectivity index (χ2n) is 10.8. The number of thioether (sulfide) groups is 1. The molecule has 0 saturated carbocycles. The van der Waals surface area contributed by atoms with Crippen LogP contribution in [0.1, 0.15) is 33.1 Å². The van der Waals surface area contributed by atoms with Crippen molar-refractivity contribution in [3.05, 3.63) is 48.6 Å². The van der Waals surface area contributed by atoms with Crippen LogP contribution >= 0.6 is 11.8 Å². The zero-order chi connectivity index (χ0) is 27.0. The molecule has 0 aliphatic carbocycles. The molecule has 4 aliphatic heterocycles. The molecule has 9 heteroatoms. The lowest BCUT2D eigenvalue weighted by atomic mass is 9.78. The molecule has 2 fully saturated rings. The van der Waals surface area contributed by atoms with E-state index in [1.165, 1.54) is 11.8 Å². The van der Waals surface area contributed by atoms with Crippen LogP contribution in [0.2, 0.25) is 0 Å². The normalized spacial score (nSPS) is 32.5. The molecule has 1 N–H and O–H groups in total. The van der Waals surface area contributed by atoms with Gasteiger partial charge in [0.05, 0.1) is 42.9 Å². The number of ether oxygens (including phenoxy) is 2. The van der Waals surface area contributed by atoms with Gasteiger partial charge < -0.3 is 24.4 Å². The monoisotopic (exact) mass is 540 g/mol. The van der Waals surface area contributed by atoms with E-state index < -0.39 is 28.7 Å². The van der Waals surface area contributed by atoms with Gasteiger partial charge in [0.25, 0.3) is 5.91 Å². The van der Waals surface area contributed by atoms with Crippen LogP contribution in [-0.4, -0.2) is 76.7 Å². The van der Waals surface area contributed by atoms with Gasteiger partial charge in [-0.1, -0.05) is 38.2 Å². The Hall–Kier alpha value is -2.78. The Kier molecular flexibility index (Phi) is 7.60. The maximum Gasteiger partial charge on any atom is 0.311 e. The highest BCUT2D eigenvalue weighted by Gasteiger charge is 2.71. The van der Waals surface area contributed by atoms with E-state index in [0.717, 1.165) is 12.8 Å². The predicted octanol–water partition coefficient (Wildman–Crippen LogP) is 3.20. The molecule has 8 nitrogen and oxygen atoms in total. The third kappa shape index (κ3) is 4.43. The standard InChI is InChI=1S/C29H36N2O6S/c1-18(2)16-20(17-32)31-25-27(34)30(19-9-11-21(36-3)12-10-19)14-7-13-29(25)24(26(31)33)23-22(38-29)8-5-4-6-15-37-28(23)35/h5,7-13,18,20,22-25,32H,4,6,14-17H2,1-3H3/b8-5-/t20-,22-,23+,24+,25?,29+/m1/s1. The molecule has 6 atom stereocenters. The van der Waals surface area contributed by atoms with Gasteiger partial charge in [-0.05, 0) is 49.4 Å². The van der Waals surface area contributed by atoms with Crippen molar-refractivity contribution < 1.29 is 29.0 Å². The number of hydrogen-bond acceptors (Lipinski definition) is 7. The largest absolute Gasteiger partial charge is 0.497 e. The Bertz CT molecular complexity index is 1130. The van der Waals surface area contributed by atoms with Gasteiger partial charge in [0, 0.05) is 17.5 Å². The number of carbonyl (C=O) groups is 3. The number of likely N-dealkylation sites (tertiary alicyclic amines) is 1. The smallest absolute Gasteiger partial charge is 0.311 e. The van der Waals surface area contributed by atoms with Crippen LogP contribution in [0.5, 0.6) is 5.75 Å². The van der Waals surface area contributed by atoms with Crippen LogP contribution in [0, 0.1) is 17.8 Å². The van der Waals surface area contributed by atoms with Crippen LogP contribution in [-0.2, 0) is 19.1 Å². The van der Waals surface area contributed by atoms with E-state index in [2.05, 4.69) is 6.08 Å². The van der Waals surface area contributed by atoms with Crippen LogP contribution in [0.3, 0.4) is 0 Å². The minimum Gasteiger partial charge on any atom is -0.497 e. The first-order valence-electron chi connectivity index (χ1n) is 13.4. The number of esters is 1. The molecule has 4 aliphatic rings. The van der Waals surface area contributed by atoms with Gasteiger partial charge in [-0.3, -0.25) is 14.4 Å². The lowest BCUT2D eigenvalue weighted by Gasteiger charge is -2.39. The number of anilines is 1. The van der Waals surface area contributed by atoms with Crippen molar-refractivity contribution in [1.29, 1.82) is 0 Å². The summed E-state index contributed by atoms with van der Waals surface area (Å²) in [7, 11) is 1.59. The lowest BCUT2D eigenvalue weighted by Crippen LogP contribution is -2.57. The van der Waals surface area contributed by atoms with Crippen LogP contribution in [0.4, 0.5) is 5.69 Å². The molecule has 4 heterocycles. The number of rotatable bonds is 6. The molecule has 5 rings (SSSR count). The molecule has 2 amide bonds. The van der Waals surface area contributed by atoms with Crippen LogP contribution < -0.4 is 9.64 Å². The van der Waals surface area contributed by atoms with E-state index in [1.54, 1.807) is 29.0 Å². The van der Waals surface area contributed by atoms with Crippen molar-refractivity contribution in [3.63, 3.8) is 0 Å². The quantitative estimate of drug-likeness (QED) is 0.437. The van der Waals surface area contributed by atoms with Crippen molar-refractivity contribution in [1.82, 2.24) is 4.90 Å². The Morgan fingerprint density at radius 2 is 1.92 bits per heavy atom. The number of fused-ring (bicyclic) bond motifs is 2. The highest BCUT2D eigenvalue weighted by molar-refractivity contribution is 8.02. The zero-order valence-corrected chi connectivity index (χ0v) is 22.9. The molecule has 1 aromatic carbocycles. The molecule has 1 unspecified atom stereocenters. The molecule has 1 aromatic rings. The minimum absolute atomic E-state index is 0.198. The van der Waals surface area contributed by atoms with Crippen LogP contribution in [0.15, 0.2) is 48.6 Å². The van der Waals surface area contributed by atoms with Gasteiger partial charge >= 0.3 is 5.97 Å². The fourth-order valence-corrected chi connectivity index (χ4v) is 8.39. The maximum atomic E-state index is 14.5. The lowest BCUT2D eigenvalue weighted by molar-refractivity contribution is -0.153. The summed E-state index contributed by atoms with van der Waals surface area (Å²) in [4.78, 5) is 45.5. The number of carbonyl (C=O) groups excluding carboxylic acids is 3. The predicted molar refractivity (Wildman–Crippen MR) is 146 cm³/mol. The molecular weight excluding hydrogens is 504 g/mol. The highest BCUT2D eigenvalue weighted by atomic mass is 32.2. The minimum atomic E-state index is -0.947. The van der Waals surface area contributed by atoms with E-state index in [1.807, 2.05) is 44.2 Å². The highest BCUT2D eigenvalue weighted by Crippen LogP contribution is 2.61. The van der Waals surface area contributed by atoms with Crippen molar-refractivity contribution in [2.75, 3.05) is 31.8 Å². The van der Waals surface area contributed by atoms with E-state index in [9.17, 15) is 19.5 Å². The van der Waals surface area contributed by atoms with Crippen molar-refractivity contribution in [2.24, 2.45) is 17.8 Å². The van der Waals surface area contributed by atoms with Gasteiger partial charge in [0.1, 0.15) is 11.8 Å². The topological polar surface area (TPSA) is 96.4 Å². The van der Waals surface area contributed by atoms with E-state index in [4.69, 9.17) is 9.47 Å². The number of hydrogen-bond donors (Lipinski definition) is 1. The second kappa shape index (κ2) is 10.8. The van der Waals surface area contributed by atoms with Gasteiger partial charge in [-0.15, -0.1) is 11.8 Å². The number of amides is 2. The zero-order valence-electron chi connectivity index (χ0n) is 22.1. The summed E-state index contributed by atoms with van der Waals surface area (Å²) in [6, 6.07) is 5.87. The molecule has 38 heavy (non-hydrogen) atoms. The van der Waals surface area contributed by atoms with Crippen molar-refractivity contribution in [2.45, 2.75) is 55.2 Å². The van der Waals surface area contributed by atoms with E-state index in [-0.39, 0.29) is 35.6 Å². The molecule has 1 spiro atoms. The summed E-state index contributed by atoms with van der Waals surface area (Å²) < 4.78 is 9.97. The number of cyclic esters (lactones) is 1.